The zero-order chi connectivity index (χ0) is 22.1. The molecule has 9 heteroatoms. The van der Waals surface area contributed by atoms with Gasteiger partial charge in [0.2, 0.25) is 0 Å². The molecule has 2 saturated heterocycles. The van der Waals surface area contributed by atoms with E-state index < -0.39 is 0 Å². The highest BCUT2D eigenvalue weighted by Gasteiger charge is 2.23. The lowest BCUT2D eigenvalue weighted by atomic mass is 10.1. The Morgan fingerprint density at radius 1 is 1.28 bits per heavy atom. The van der Waals surface area contributed by atoms with E-state index in [1.807, 2.05) is 52.5 Å². The number of carbonyl (C=O) groups excluding carboxylic acids is 1. The maximum absolute atomic E-state index is 12.9. The van der Waals surface area contributed by atoms with E-state index in [0.29, 0.717) is 17.8 Å². The molecule has 1 amide bonds. The van der Waals surface area contributed by atoms with Crippen LogP contribution >= 0.6 is 11.8 Å². The summed E-state index contributed by atoms with van der Waals surface area (Å²) in [4.78, 5) is 30.2. The molecule has 8 nitrogen and oxygen atoms in total. The molecule has 5 rings (SSSR count). The number of aromatic nitrogens is 3. The fraction of sp³-hybridized carbons (Fsp3) is 0.435. The maximum Gasteiger partial charge on any atom is 0.261 e. The van der Waals surface area contributed by atoms with Crippen molar-refractivity contribution in [2.75, 3.05) is 43.1 Å². The molecule has 0 bridgehead atoms. The van der Waals surface area contributed by atoms with Crippen LogP contribution in [-0.4, -0.2) is 63.4 Å². The number of H-pyrrole nitrogens is 1. The fourth-order valence-corrected chi connectivity index (χ4v) is 5.34. The Morgan fingerprint density at radius 3 is 2.88 bits per heavy atom. The van der Waals surface area contributed by atoms with Crippen LogP contribution in [0, 0.1) is 6.92 Å². The summed E-state index contributed by atoms with van der Waals surface area (Å²) in [6.07, 6.45) is 3.59. The largest absolute Gasteiger partial charge is 0.379 e. The molecular weight excluding hydrogens is 426 g/mol. The van der Waals surface area contributed by atoms with Gasteiger partial charge in [-0.15, -0.1) is 0 Å². The summed E-state index contributed by atoms with van der Waals surface area (Å²) >= 11 is 1.88. The normalized spacial score (nSPS) is 19.3. The van der Waals surface area contributed by atoms with Crippen LogP contribution in [-0.2, 0) is 4.74 Å². The van der Waals surface area contributed by atoms with E-state index in [0.717, 1.165) is 66.4 Å². The minimum Gasteiger partial charge on any atom is -0.379 e. The molecule has 0 saturated carbocycles. The first-order valence-corrected chi connectivity index (χ1v) is 12.2. The number of nitrogens with zero attached hydrogens (tertiary/aromatic N) is 3. The first-order chi connectivity index (χ1) is 15.6. The molecule has 0 spiro atoms. The van der Waals surface area contributed by atoms with Gasteiger partial charge >= 0.3 is 0 Å². The van der Waals surface area contributed by atoms with E-state index >= 15 is 0 Å². The van der Waals surface area contributed by atoms with Crippen LogP contribution in [0.15, 0.2) is 35.3 Å². The number of nitrogens with one attached hydrogen (secondary N) is 2. The number of thioether (sulfide) groups is 1. The van der Waals surface area contributed by atoms with Gasteiger partial charge in [-0.05, 0) is 49.6 Å². The van der Waals surface area contributed by atoms with E-state index in [2.05, 4.69) is 10.3 Å². The Morgan fingerprint density at radius 2 is 2.12 bits per heavy atom. The van der Waals surface area contributed by atoms with Crippen molar-refractivity contribution < 1.29 is 9.53 Å². The van der Waals surface area contributed by atoms with Crippen LogP contribution in [0.3, 0.4) is 0 Å². The smallest absolute Gasteiger partial charge is 0.261 e. The molecule has 2 N–H and O–H groups in total. The van der Waals surface area contributed by atoms with Crippen molar-refractivity contribution in [2.24, 2.45) is 0 Å². The van der Waals surface area contributed by atoms with Crippen molar-refractivity contribution in [3.8, 4) is 0 Å². The first kappa shape index (κ1) is 21.1. The second-order valence-corrected chi connectivity index (χ2v) is 9.52. The number of ether oxygens (including phenoxy) is 1. The number of hydrogen-bond acceptors (Lipinski definition) is 6. The highest BCUT2D eigenvalue weighted by Crippen LogP contribution is 2.29. The van der Waals surface area contributed by atoms with Crippen molar-refractivity contribution in [1.82, 2.24) is 19.7 Å². The zero-order valence-corrected chi connectivity index (χ0v) is 18.9. The number of anilines is 2. The molecule has 1 unspecified atom stereocenters. The second-order valence-electron chi connectivity index (χ2n) is 8.29. The molecule has 32 heavy (non-hydrogen) atoms. The number of aromatic amines is 1. The highest BCUT2D eigenvalue weighted by molar-refractivity contribution is 7.99. The number of aryl methyl sites for hydroxylation is 1. The van der Waals surface area contributed by atoms with Crippen molar-refractivity contribution in [3.63, 3.8) is 0 Å². The lowest BCUT2D eigenvalue weighted by molar-refractivity contribution is 0.0566. The van der Waals surface area contributed by atoms with E-state index in [1.165, 1.54) is 0 Å². The van der Waals surface area contributed by atoms with Gasteiger partial charge in [-0.1, -0.05) is 0 Å². The summed E-state index contributed by atoms with van der Waals surface area (Å²) in [5, 5.41) is 8.60. The van der Waals surface area contributed by atoms with Crippen LogP contribution in [0.4, 0.5) is 11.5 Å². The molecule has 0 aliphatic carbocycles. The lowest BCUT2D eigenvalue weighted by Crippen LogP contribution is -2.38. The molecular formula is C23H27N5O3S. The number of pyridine rings is 1. The topological polar surface area (TPSA) is 92.2 Å². The van der Waals surface area contributed by atoms with Gasteiger partial charge < -0.3 is 19.9 Å². The Hall–Kier alpha value is -2.78. The van der Waals surface area contributed by atoms with Gasteiger partial charge in [0.05, 0.1) is 18.2 Å². The molecule has 1 aromatic carbocycles. The van der Waals surface area contributed by atoms with Crippen LogP contribution in [0.25, 0.3) is 10.9 Å². The SMILES string of the molecule is Cc1cc(Nc2nn(C3CCCOC3)c3cc[nH]c(=O)c23)ccc1C(=O)N1CCSCC1. The molecule has 2 aromatic heterocycles. The van der Waals surface area contributed by atoms with Crippen molar-refractivity contribution in [1.29, 1.82) is 0 Å². The van der Waals surface area contributed by atoms with Crippen LogP contribution in [0.1, 0.15) is 34.8 Å². The number of benzene rings is 1. The predicted octanol–water partition coefficient (Wildman–Crippen LogP) is 3.32. The second kappa shape index (κ2) is 8.99. The third-order valence-corrected chi connectivity index (χ3v) is 7.07. The Kier molecular flexibility index (Phi) is 5.93. The third kappa shape index (κ3) is 4.02. The van der Waals surface area contributed by atoms with Gasteiger partial charge in [0.1, 0.15) is 5.39 Å². The van der Waals surface area contributed by atoms with Gasteiger partial charge in [-0.3, -0.25) is 14.3 Å². The van der Waals surface area contributed by atoms with Gasteiger partial charge in [-0.25, -0.2) is 0 Å². The zero-order valence-electron chi connectivity index (χ0n) is 18.1. The molecule has 2 aliphatic rings. The van der Waals surface area contributed by atoms with Gasteiger partial charge in [0.25, 0.3) is 11.5 Å². The van der Waals surface area contributed by atoms with Crippen molar-refractivity contribution >= 4 is 40.1 Å². The van der Waals surface area contributed by atoms with E-state index in [9.17, 15) is 9.59 Å². The highest BCUT2D eigenvalue weighted by atomic mass is 32.2. The summed E-state index contributed by atoms with van der Waals surface area (Å²) in [5.74, 6) is 2.57. The molecule has 0 radical (unpaired) electrons. The number of carbonyl (C=O) groups is 1. The average Bonchev–Trinajstić information content (AvgIpc) is 3.19. The van der Waals surface area contributed by atoms with E-state index in [-0.39, 0.29) is 17.5 Å². The van der Waals surface area contributed by atoms with Crippen LogP contribution < -0.4 is 10.9 Å². The predicted molar refractivity (Wildman–Crippen MR) is 127 cm³/mol. The minimum absolute atomic E-state index is 0.0813. The summed E-state index contributed by atoms with van der Waals surface area (Å²) in [7, 11) is 0. The van der Waals surface area contributed by atoms with Gasteiger partial charge in [0.15, 0.2) is 5.82 Å². The lowest BCUT2D eigenvalue weighted by Gasteiger charge is -2.27. The Balaban J connectivity index is 1.45. The minimum atomic E-state index is -0.181. The van der Waals surface area contributed by atoms with Gasteiger partial charge in [0, 0.05) is 48.6 Å². The fourth-order valence-electron chi connectivity index (χ4n) is 4.44. The monoisotopic (exact) mass is 453 g/mol. The van der Waals surface area contributed by atoms with Crippen molar-refractivity contribution in [2.45, 2.75) is 25.8 Å². The van der Waals surface area contributed by atoms with E-state index in [1.54, 1.807) is 6.20 Å². The number of fused-ring (bicyclic) bond motifs is 1. The van der Waals surface area contributed by atoms with Crippen molar-refractivity contribution in [3.05, 3.63) is 51.9 Å². The standard InChI is InChI=1S/C23H27N5O3S/c1-15-13-16(4-5-18(15)23(30)27-8-11-32-12-9-27)25-21-20-19(6-7-24-22(20)29)28(26-21)17-3-2-10-31-14-17/h4-7,13,17H,2-3,8-12,14H2,1H3,(H,24,29)(H,25,26). The molecule has 1 atom stereocenters. The molecule has 2 aliphatic heterocycles. The summed E-state index contributed by atoms with van der Waals surface area (Å²) in [6.45, 7) is 4.88. The number of rotatable bonds is 4. The Labute approximate surface area is 190 Å². The third-order valence-electron chi connectivity index (χ3n) is 6.13. The summed E-state index contributed by atoms with van der Waals surface area (Å²) in [6, 6.07) is 7.67. The molecule has 168 valence electrons. The number of amides is 1. The quantitative estimate of drug-likeness (QED) is 0.630. The molecule has 2 fully saturated rings. The average molecular weight is 454 g/mol. The molecule has 3 aromatic rings. The maximum atomic E-state index is 12.9. The van der Waals surface area contributed by atoms with Gasteiger partial charge in [-0.2, -0.15) is 16.9 Å². The van der Waals surface area contributed by atoms with E-state index in [4.69, 9.17) is 9.84 Å². The summed E-state index contributed by atoms with van der Waals surface area (Å²) in [5.41, 5.74) is 3.02. The number of hydrogen-bond donors (Lipinski definition) is 2. The van der Waals surface area contributed by atoms with Crippen LogP contribution in [0.5, 0.6) is 0 Å². The first-order valence-electron chi connectivity index (χ1n) is 11.0. The Bertz CT molecular complexity index is 1190. The van der Waals surface area contributed by atoms with Crippen LogP contribution in [0.2, 0.25) is 0 Å². The summed E-state index contributed by atoms with van der Waals surface area (Å²) < 4.78 is 7.55. The molecule has 4 heterocycles.